The third-order valence-electron chi connectivity index (χ3n) is 4.11. The van der Waals surface area contributed by atoms with Crippen molar-refractivity contribution in [2.75, 3.05) is 11.1 Å². The maximum Gasteiger partial charge on any atom is 0.234 e. The van der Waals surface area contributed by atoms with Crippen LogP contribution in [0.4, 0.5) is 10.1 Å². The normalized spacial score (nSPS) is 16.3. The lowest BCUT2D eigenvalue weighted by atomic mass is 9.87. The van der Waals surface area contributed by atoms with Crippen LogP contribution in [0.25, 0.3) is 0 Å². The molecule has 2 aromatic carbocycles. The molecule has 0 fully saturated rings. The molecule has 0 saturated heterocycles. The average molecular weight is 460 g/mol. The third kappa shape index (κ3) is 4.80. The van der Waals surface area contributed by atoms with Crippen molar-refractivity contribution >= 4 is 45.2 Å². The summed E-state index contributed by atoms with van der Waals surface area (Å²) in [6, 6.07) is 15.8. The van der Waals surface area contributed by atoms with Crippen LogP contribution in [0.5, 0.6) is 0 Å². The molecule has 0 bridgehead atoms. The molecule has 28 heavy (non-hydrogen) atoms. The zero-order chi connectivity index (χ0) is 20.1. The largest absolute Gasteiger partial charge is 0.323 e. The fraction of sp³-hybridized carbons (Fsp3) is 0.150. The second-order valence-electron chi connectivity index (χ2n) is 6.03. The number of thioether (sulfide) groups is 1. The maximum atomic E-state index is 13.9. The summed E-state index contributed by atoms with van der Waals surface area (Å²) in [6.07, 6.45) is 0.174. The summed E-state index contributed by atoms with van der Waals surface area (Å²) in [4.78, 5) is 24.3. The van der Waals surface area contributed by atoms with Gasteiger partial charge in [0.1, 0.15) is 5.82 Å². The lowest BCUT2D eigenvalue weighted by molar-refractivity contribution is -0.121. The number of hydrogen-bond acceptors (Lipinski definition) is 4. The summed E-state index contributed by atoms with van der Waals surface area (Å²) in [7, 11) is 0. The molecule has 0 radical (unpaired) electrons. The molecular formula is C20H15BrFN3O2S. The molecule has 8 heteroatoms. The van der Waals surface area contributed by atoms with Crippen LogP contribution >= 0.6 is 27.7 Å². The molecule has 0 aliphatic carbocycles. The summed E-state index contributed by atoms with van der Waals surface area (Å²) >= 11 is 4.21. The predicted octanol–water partition coefficient (Wildman–Crippen LogP) is 4.30. The van der Waals surface area contributed by atoms with Crippen LogP contribution in [0, 0.1) is 17.1 Å². The Morgan fingerprint density at radius 3 is 2.75 bits per heavy atom. The first kappa shape index (κ1) is 20.1. The van der Waals surface area contributed by atoms with E-state index in [0.29, 0.717) is 15.1 Å². The van der Waals surface area contributed by atoms with Gasteiger partial charge >= 0.3 is 0 Å². The van der Waals surface area contributed by atoms with Gasteiger partial charge in [-0.1, -0.05) is 58.0 Å². The van der Waals surface area contributed by atoms with Crippen molar-refractivity contribution < 1.29 is 14.0 Å². The van der Waals surface area contributed by atoms with E-state index in [1.807, 2.05) is 30.3 Å². The van der Waals surface area contributed by atoms with Crippen LogP contribution in [0.15, 0.2) is 63.6 Å². The Hall–Kier alpha value is -2.63. The van der Waals surface area contributed by atoms with E-state index in [9.17, 15) is 19.2 Å². The number of nitriles is 1. The Balaban J connectivity index is 1.74. The Kier molecular flexibility index (Phi) is 6.49. The number of carbonyl (C=O) groups is 2. The quantitative estimate of drug-likeness (QED) is 0.698. The molecule has 0 aromatic heterocycles. The van der Waals surface area contributed by atoms with E-state index in [0.717, 1.165) is 17.3 Å². The van der Waals surface area contributed by atoms with E-state index in [-0.39, 0.29) is 29.7 Å². The van der Waals surface area contributed by atoms with Crippen LogP contribution in [-0.2, 0) is 9.59 Å². The lowest BCUT2D eigenvalue weighted by Gasteiger charge is -2.25. The van der Waals surface area contributed by atoms with Gasteiger partial charge in [0.25, 0.3) is 0 Å². The highest BCUT2D eigenvalue weighted by Gasteiger charge is 2.29. The number of nitrogens with zero attached hydrogens (tertiary/aromatic N) is 1. The van der Waals surface area contributed by atoms with Gasteiger partial charge in [0.05, 0.1) is 28.1 Å². The summed E-state index contributed by atoms with van der Waals surface area (Å²) in [5.41, 5.74) is 1.35. The number of nitrogens with one attached hydrogen (secondary N) is 2. The molecule has 0 saturated carbocycles. The molecule has 142 valence electrons. The molecular weight excluding hydrogens is 445 g/mol. The van der Waals surface area contributed by atoms with Gasteiger partial charge in [0.15, 0.2) is 0 Å². The molecule has 1 aliphatic rings. The van der Waals surface area contributed by atoms with Crippen LogP contribution in [0.2, 0.25) is 0 Å². The first-order valence-corrected chi connectivity index (χ1v) is 10.1. The van der Waals surface area contributed by atoms with Crippen LogP contribution < -0.4 is 10.6 Å². The maximum absolute atomic E-state index is 13.9. The average Bonchev–Trinajstić information content (AvgIpc) is 2.68. The number of rotatable bonds is 5. The Bertz CT molecular complexity index is 989. The Morgan fingerprint density at radius 2 is 2.07 bits per heavy atom. The number of anilines is 1. The predicted molar refractivity (Wildman–Crippen MR) is 110 cm³/mol. The number of benzene rings is 2. The molecule has 2 N–H and O–H groups in total. The fourth-order valence-corrected chi connectivity index (χ4v) is 4.03. The number of allylic oxidation sites excluding steroid dienone is 1. The van der Waals surface area contributed by atoms with Gasteiger partial charge in [-0.3, -0.25) is 9.59 Å². The second kappa shape index (κ2) is 9.04. The minimum Gasteiger partial charge on any atom is -0.323 e. The van der Waals surface area contributed by atoms with E-state index in [1.165, 1.54) is 12.1 Å². The molecule has 0 unspecified atom stereocenters. The van der Waals surface area contributed by atoms with Crippen molar-refractivity contribution in [2.24, 2.45) is 0 Å². The molecule has 1 aliphatic heterocycles. The first-order valence-electron chi connectivity index (χ1n) is 8.34. The first-order chi connectivity index (χ1) is 13.5. The van der Waals surface area contributed by atoms with Gasteiger partial charge in [-0.15, -0.1) is 0 Å². The topological polar surface area (TPSA) is 82.0 Å². The summed E-state index contributed by atoms with van der Waals surface area (Å²) in [5, 5.41) is 15.1. The standard InChI is InChI=1S/C20H15BrFN3O2S/c21-13-6-7-17(16(22)8-13)24-19(27)11-28-20-15(10-23)14(9-18(26)25-20)12-4-2-1-3-5-12/h1-8,14H,9,11H2,(H,24,27)(H,25,26)/t14-/m1/s1. The van der Waals surface area contributed by atoms with Gasteiger partial charge < -0.3 is 10.6 Å². The van der Waals surface area contributed by atoms with Crippen molar-refractivity contribution in [3.8, 4) is 6.07 Å². The van der Waals surface area contributed by atoms with Crippen molar-refractivity contribution in [1.29, 1.82) is 5.26 Å². The van der Waals surface area contributed by atoms with Crippen molar-refractivity contribution in [3.05, 3.63) is 75.0 Å². The van der Waals surface area contributed by atoms with E-state index >= 15 is 0 Å². The minimum atomic E-state index is -0.556. The van der Waals surface area contributed by atoms with Crippen LogP contribution in [-0.4, -0.2) is 17.6 Å². The Morgan fingerprint density at radius 1 is 1.32 bits per heavy atom. The van der Waals surface area contributed by atoms with E-state index in [1.54, 1.807) is 6.07 Å². The Labute approximate surface area is 174 Å². The smallest absolute Gasteiger partial charge is 0.234 e. The van der Waals surface area contributed by atoms with Crippen molar-refractivity contribution in [3.63, 3.8) is 0 Å². The highest BCUT2D eigenvalue weighted by atomic mass is 79.9. The van der Waals surface area contributed by atoms with Gasteiger partial charge in [-0.05, 0) is 23.8 Å². The van der Waals surface area contributed by atoms with Gasteiger partial charge in [0, 0.05) is 16.8 Å². The molecule has 5 nitrogen and oxygen atoms in total. The number of carbonyl (C=O) groups excluding carboxylic acids is 2. The van der Waals surface area contributed by atoms with E-state index in [4.69, 9.17) is 0 Å². The van der Waals surface area contributed by atoms with Crippen molar-refractivity contribution in [1.82, 2.24) is 5.32 Å². The molecule has 0 spiro atoms. The fourth-order valence-electron chi connectivity index (χ4n) is 2.82. The molecule has 1 heterocycles. The van der Waals surface area contributed by atoms with E-state index < -0.39 is 11.7 Å². The lowest BCUT2D eigenvalue weighted by Crippen LogP contribution is -2.31. The van der Waals surface area contributed by atoms with Crippen molar-refractivity contribution in [2.45, 2.75) is 12.3 Å². The van der Waals surface area contributed by atoms with Gasteiger partial charge in [0.2, 0.25) is 11.8 Å². The van der Waals surface area contributed by atoms with Gasteiger partial charge in [-0.2, -0.15) is 5.26 Å². The molecule has 2 amide bonds. The SMILES string of the molecule is N#CC1=C(SCC(=O)Nc2ccc(Br)cc2F)NC(=O)C[C@@H]1c1ccccc1. The molecule has 1 atom stereocenters. The third-order valence-corrected chi connectivity index (χ3v) is 5.62. The monoisotopic (exact) mass is 459 g/mol. The molecule has 2 aromatic rings. The zero-order valence-corrected chi connectivity index (χ0v) is 16.9. The summed E-state index contributed by atoms with van der Waals surface area (Å²) < 4.78 is 14.4. The van der Waals surface area contributed by atoms with Crippen LogP contribution in [0.1, 0.15) is 17.9 Å². The molecule has 3 rings (SSSR count). The highest BCUT2D eigenvalue weighted by molar-refractivity contribution is 9.10. The minimum absolute atomic E-state index is 0.0677. The number of halogens is 2. The summed E-state index contributed by atoms with van der Waals surface area (Å²) in [5.74, 6) is -1.63. The van der Waals surface area contributed by atoms with Crippen LogP contribution in [0.3, 0.4) is 0 Å². The van der Waals surface area contributed by atoms with Gasteiger partial charge in [-0.25, -0.2) is 4.39 Å². The zero-order valence-electron chi connectivity index (χ0n) is 14.5. The van der Waals surface area contributed by atoms with E-state index in [2.05, 4.69) is 32.6 Å². The second-order valence-corrected chi connectivity index (χ2v) is 7.93. The number of amides is 2. The number of hydrogen-bond donors (Lipinski definition) is 2. The highest BCUT2D eigenvalue weighted by Crippen LogP contribution is 2.35. The summed E-state index contributed by atoms with van der Waals surface area (Å²) in [6.45, 7) is 0.